The third-order valence-electron chi connectivity index (χ3n) is 2.88. The van der Waals surface area contributed by atoms with E-state index >= 15 is 0 Å². The van der Waals surface area contributed by atoms with E-state index in [0.717, 1.165) is 25.7 Å². The van der Waals surface area contributed by atoms with Gasteiger partial charge in [0.1, 0.15) is 0 Å². The number of nitrogens with zero attached hydrogens (tertiary/aromatic N) is 1. The van der Waals surface area contributed by atoms with Crippen LogP contribution in [-0.2, 0) is 10.0 Å². The molecule has 1 aliphatic rings. The van der Waals surface area contributed by atoms with Gasteiger partial charge in [-0.15, -0.1) is 0 Å². The maximum Gasteiger partial charge on any atom is 0.214 e. The van der Waals surface area contributed by atoms with Crippen LogP contribution >= 0.6 is 0 Å². The Morgan fingerprint density at radius 2 is 2.00 bits per heavy atom. The van der Waals surface area contributed by atoms with Gasteiger partial charge in [-0.25, -0.2) is 12.7 Å². The fourth-order valence-electron chi connectivity index (χ4n) is 1.55. The van der Waals surface area contributed by atoms with Crippen molar-refractivity contribution < 1.29 is 8.42 Å². The Morgan fingerprint density at radius 3 is 2.43 bits per heavy atom. The summed E-state index contributed by atoms with van der Waals surface area (Å²) in [5, 5.41) is 0. The number of unbranched alkanes of at least 4 members (excludes halogenated alkanes) is 1. The van der Waals surface area contributed by atoms with Gasteiger partial charge in [0.05, 0.1) is 5.75 Å². The molecule has 1 saturated carbocycles. The molecule has 0 aromatic heterocycles. The van der Waals surface area contributed by atoms with Crippen molar-refractivity contribution >= 4 is 10.0 Å². The molecule has 0 heterocycles. The predicted molar refractivity (Wildman–Crippen MR) is 57.5 cm³/mol. The quantitative estimate of drug-likeness (QED) is 0.664. The van der Waals surface area contributed by atoms with E-state index in [4.69, 9.17) is 5.73 Å². The minimum absolute atomic E-state index is 0.247. The van der Waals surface area contributed by atoms with Crippen LogP contribution in [-0.4, -0.2) is 38.1 Å². The highest BCUT2D eigenvalue weighted by atomic mass is 32.2. The summed E-state index contributed by atoms with van der Waals surface area (Å²) in [6.07, 6.45) is 4.67. The first-order valence-corrected chi connectivity index (χ1v) is 6.84. The summed E-state index contributed by atoms with van der Waals surface area (Å²) in [6, 6.07) is 0.262. The highest BCUT2D eigenvalue weighted by molar-refractivity contribution is 7.89. The molecule has 4 nitrogen and oxygen atoms in total. The second kappa shape index (κ2) is 5.09. The summed E-state index contributed by atoms with van der Waals surface area (Å²) >= 11 is 0. The molecule has 84 valence electrons. The van der Waals surface area contributed by atoms with Gasteiger partial charge in [-0.2, -0.15) is 0 Å². The van der Waals surface area contributed by atoms with E-state index in [1.807, 2.05) is 0 Å². The molecule has 0 radical (unpaired) electrons. The molecule has 0 aromatic carbocycles. The average molecular weight is 220 g/mol. The van der Waals surface area contributed by atoms with Crippen molar-refractivity contribution in [3.05, 3.63) is 0 Å². The van der Waals surface area contributed by atoms with E-state index in [2.05, 4.69) is 0 Å². The van der Waals surface area contributed by atoms with Crippen LogP contribution in [0.1, 0.15) is 32.1 Å². The fraction of sp³-hybridized carbons (Fsp3) is 1.00. The third kappa shape index (κ3) is 2.93. The molecule has 1 rings (SSSR count). The van der Waals surface area contributed by atoms with Gasteiger partial charge in [0, 0.05) is 13.1 Å². The lowest BCUT2D eigenvalue weighted by Crippen LogP contribution is -2.42. The normalized spacial score (nSPS) is 18.5. The molecular weight excluding hydrogens is 200 g/mol. The van der Waals surface area contributed by atoms with Crippen molar-refractivity contribution in [3.63, 3.8) is 0 Å². The number of hydrogen-bond acceptors (Lipinski definition) is 3. The second-order valence-electron chi connectivity index (χ2n) is 3.91. The van der Waals surface area contributed by atoms with Crippen LogP contribution in [0.5, 0.6) is 0 Å². The largest absolute Gasteiger partial charge is 0.330 e. The van der Waals surface area contributed by atoms with Crippen molar-refractivity contribution in [2.24, 2.45) is 5.73 Å². The average Bonchev–Trinajstić information content (AvgIpc) is 2.01. The molecule has 0 spiro atoms. The Morgan fingerprint density at radius 1 is 1.36 bits per heavy atom. The van der Waals surface area contributed by atoms with E-state index in [1.165, 1.54) is 0 Å². The topological polar surface area (TPSA) is 63.4 Å². The van der Waals surface area contributed by atoms with Crippen LogP contribution in [0.4, 0.5) is 0 Å². The van der Waals surface area contributed by atoms with Crippen LogP contribution in [0.15, 0.2) is 0 Å². The molecule has 0 bridgehead atoms. The zero-order valence-electron chi connectivity index (χ0n) is 8.78. The van der Waals surface area contributed by atoms with Crippen LogP contribution in [0.2, 0.25) is 0 Å². The molecule has 14 heavy (non-hydrogen) atoms. The molecule has 0 atom stereocenters. The molecule has 1 aliphatic carbocycles. The van der Waals surface area contributed by atoms with E-state index < -0.39 is 10.0 Å². The lowest BCUT2D eigenvalue weighted by Gasteiger charge is -2.33. The maximum absolute atomic E-state index is 11.7. The first-order valence-electron chi connectivity index (χ1n) is 5.23. The van der Waals surface area contributed by atoms with Gasteiger partial charge in [-0.05, 0) is 32.2 Å². The van der Waals surface area contributed by atoms with Crippen molar-refractivity contribution in [2.75, 3.05) is 19.3 Å². The summed E-state index contributed by atoms with van der Waals surface area (Å²) in [6.45, 7) is 0.572. The number of hydrogen-bond donors (Lipinski definition) is 1. The molecule has 0 aliphatic heterocycles. The molecule has 0 saturated heterocycles. The Bertz CT molecular complexity index is 260. The summed E-state index contributed by atoms with van der Waals surface area (Å²) in [4.78, 5) is 0. The lowest BCUT2D eigenvalue weighted by molar-refractivity contribution is 0.249. The fourth-order valence-corrected chi connectivity index (χ4v) is 3.07. The van der Waals surface area contributed by atoms with Crippen molar-refractivity contribution in [1.29, 1.82) is 0 Å². The number of nitrogens with two attached hydrogens (primary N) is 1. The smallest absolute Gasteiger partial charge is 0.214 e. The molecule has 2 N–H and O–H groups in total. The Kier molecular flexibility index (Phi) is 4.34. The maximum atomic E-state index is 11.7. The first kappa shape index (κ1) is 11.9. The standard InChI is InChI=1S/C9H20N2O2S/c1-11(9-5-4-6-9)14(12,13)8-3-2-7-10/h9H,2-8,10H2,1H3. The van der Waals surface area contributed by atoms with Crippen molar-refractivity contribution in [1.82, 2.24) is 4.31 Å². The van der Waals surface area contributed by atoms with Crippen molar-refractivity contribution in [2.45, 2.75) is 38.1 Å². The van der Waals surface area contributed by atoms with Crippen LogP contribution in [0.3, 0.4) is 0 Å². The lowest BCUT2D eigenvalue weighted by atomic mass is 9.94. The molecule has 0 aromatic rings. The van der Waals surface area contributed by atoms with E-state index in [0.29, 0.717) is 13.0 Å². The van der Waals surface area contributed by atoms with Gasteiger partial charge in [-0.3, -0.25) is 0 Å². The zero-order valence-corrected chi connectivity index (χ0v) is 9.59. The van der Waals surface area contributed by atoms with E-state index in [9.17, 15) is 8.42 Å². The minimum atomic E-state index is -3.01. The minimum Gasteiger partial charge on any atom is -0.330 e. The van der Waals surface area contributed by atoms with Crippen LogP contribution in [0, 0.1) is 0 Å². The first-order chi connectivity index (χ1) is 6.58. The molecular formula is C9H20N2O2S. The van der Waals surface area contributed by atoms with E-state index in [1.54, 1.807) is 11.4 Å². The number of rotatable bonds is 6. The summed E-state index contributed by atoms with van der Waals surface area (Å²) in [5.74, 6) is 0.247. The molecule has 0 amide bonds. The molecule has 0 unspecified atom stereocenters. The van der Waals surface area contributed by atoms with E-state index in [-0.39, 0.29) is 11.8 Å². The predicted octanol–water partition coefficient (Wildman–Crippen LogP) is 0.539. The van der Waals surface area contributed by atoms with Crippen LogP contribution in [0.25, 0.3) is 0 Å². The van der Waals surface area contributed by atoms with Gasteiger partial charge >= 0.3 is 0 Å². The summed E-state index contributed by atoms with van der Waals surface area (Å²) in [5.41, 5.74) is 5.32. The monoisotopic (exact) mass is 220 g/mol. The summed E-state index contributed by atoms with van der Waals surface area (Å²) in [7, 11) is -1.32. The van der Waals surface area contributed by atoms with Crippen LogP contribution < -0.4 is 5.73 Å². The Balaban J connectivity index is 2.38. The second-order valence-corrected chi connectivity index (χ2v) is 6.06. The van der Waals surface area contributed by atoms with Crippen molar-refractivity contribution in [3.8, 4) is 0 Å². The zero-order chi connectivity index (χ0) is 10.6. The molecule has 5 heteroatoms. The van der Waals surface area contributed by atoms with Gasteiger partial charge in [-0.1, -0.05) is 6.42 Å². The SMILES string of the molecule is CN(C1CCC1)S(=O)(=O)CCCCN. The highest BCUT2D eigenvalue weighted by Gasteiger charge is 2.29. The van der Waals surface area contributed by atoms with Gasteiger partial charge in [0.25, 0.3) is 0 Å². The van der Waals surface area contributed by atoms with Gasteiger partial charge in [0.15, 0.2) is 0 Å². The van der Waals surface area contributed by atoms with Gasteiger partial charge in [0.2, 0.25) is 10.0 Å². The van der Waals surface area contributed by atoms with Gasteiger partial charge < -0.3 is 5.73 Å². The highest BCUT2D eigenvalue weighted by Crippen LogP contribution is 2.25. The Hall–Kier alpha value is -0.130. The third-order valence-corrected chi connectivity index (χ3v) is 4.86. The molecule has 1 fully saturated rings. The Labute approximate surface area is 86.5 Å². The number of sulfonamides is 1. The summed E-state index contributed by atoms with van der Waals surface area (Å²) < 4.78 is 25.0.